The Bertz CT molecular complexity index is 770. The van der Waals surface area contributed by atoms with Gasteiger partial charge >= 0.3 is 5.97 Å². The fraction of sp³-hybridized carbons (Fsp3) is 0.111. The van der Waals surface area contributed by atoms with Crippen LogP contribution < -0.4 is 0 Å². The van der Waals surface area contributed by atoms with Crippen molar-refractivity contribution in [1.29, 1.82) is 0 Å². The molecule has 0 N–H and O–H groups in total. The molecule has 0 atom stereocenters. The van der Waals surface area contributed by atoms with Crippen LogP contribution in [0.15, 0.2) is 53.4 Å². The van der Waals surface area contributed by atoms with Gasteiger partial charge in [-0.1, -0.05) is 12.1 Å². The average molecular weight is 348 g/mol. The molecule has 0 radical (unpaired) electrons. The minimum atomic E-state index is -0.859. The van der Waals surface area contributed by atoms with Crippen LogP contribution in [0.25, 0.3) is 6.08 Å². The molecule has 0 saturated heterocycles. The lowest BCUT2D eigenvalue weighted by Gasteiger charge is -2.03. The van der Waals surface area contributed by atoms with Crippen molar-refractivity contribution in [2.45, 2.75) is 4.90 Å². The van der Waals surface area contributed by atoms with Gasteiger partial charge in [0.25, 0.3) is 0 Å². The molecule has 0 bridgehead atoms. The molecule has 0 spiro atoms. The molecule has 0 fully saturated rings. The summed E-state index contributed by atoms with van der Waals surface area (Å²) in [4.78, 5) is 24.4. The Balaban J connectivity index is 1.91. The number of ether oxygens (including phenoxy) is 1. The van der Waals surface area contributed by atoms with E-state index in [1.54, 1.807) is 17.8 Å². The summed E-state index contributed by atoms with van der Waals surface area (Å²) < 4.78 is 31.2. The minimum absolute atomic E-state index is 0.445. The summed E-state index contributed by atoms with van der Waals surface area (Å²) in [5.41, 5.74) is 0.353. The maximum absolute atomic E-state index is 13.4. The molecule has 2 aromatic carbocycles. The van der Waals surface area contributed by atoms with Gasteiger partial charge in [-0.25, -0.2) is 13.6 Å². The summed E-state index contributed by atoms with van der Waals surface area (Å²) in [6.45, 7) is -0.658. The Kier molecular flexibility index (Phi) is 6.26. The highest BCUT2D eigenvalue weighted by molar-refractivity contribution is 7.98. The Labute approximate surface area is 142 Å². The predicted molar refractivity (Wildman–Crippen MR) is 88.9 cm³/mol. The van der Waals surface area contributed by atoms with E-state index < -0.39 is 35.6 Å². The quantitative estimate of drug-likeness (QED) is 0.341. The maximum Gasteiger partial charge on any atom is 0.331 e. The molecule has 0 unspecified atom stereocenters. The standard InChI is InChI=1S/C18H14F2O3S/c1-24-14-6-2-12(3-7-14)4-9-18(22)23-11-17(21)15-10-13(19)5-8-16(15)20/h2-10H,11H2,1H3/b9-4+. The van der Waals surface area contributed by atoms with Gasteiger partial charge in [-0.3, -0.25) is 4.79 Å². The number of benzene rings is 2. The number of carbonyl (C=O) groups excluding carboxylic acids is 2. The largest absolute Gasteiger partial charge is 0.454 e. The number of hydrogen-bond donors (Lipinski definition) is 0. The second kappa shape index (κ2) is 8.40. The van der Waals surface area contributed by atoms with Crippen molar-refractivity contribution < 1.29 is 23.1 Å². The summed E-state index contributed by atoms with van der Waals surface area (Å²) in [5.74, 6) is -3.14. The average Bonchev–Trinajstić information content (AvgIpc) is 2.60. The fourth-order valence-electron chi connectivity index (χ4n) is 1.85. The first-order valence-electron chi connectivity index (χ1n) is 6.97. The Morgan fingerprint density at radius 3 is 2.50 bits per heavy atom. The zero-order valence-corrected chi connectivity index (χ0v) is 13.6. The Hall–Kier alpha value is -2.47. The van der Waals surface area contributed by atoms with Crippen molar-refractivity contribution >= 4 is 29.6 Å². The number of rotatable bonds is 6. The van der Waals surface area contributed by atoms with Crippen LogP contribution in [-0.4, -0.2) is 24.6 Å². The number of ketones is 1. The van der Waals surface area contributed by atoms with E-state index in [-0.39, 0.29) is 0 Å². The van der Waals surface area contributed by atoms with Gasteiger partial charge in [-0.05, 0) is 48.2 Å². The van der Waals surface area contributed by atoms with Crippen molar-refractivity contribution in [3.8, 4) is 0 Å². The van der Waals surface area contributed by atoms with E-state index >= 15 is 0 Å². The number of Topliss-reactive ketones (excluding diaryl/α,β-unsaturated/α-hetero) is 1. The van der Waals surface area contributed by atoms with Crippen molar-refractivity contribution in [3.63, 3.8) is 0 Å². The summed E-state index contributed by atoms with van der Waals surface area (Å²) in [7, 11) is 0. The second-order valence-corrected chi connectivity index (χ2v) is 5.64. The first-order chi connectivity index (χ1) is 11.5. The molecule has 6 heteroatoms. The van der Waals surface area contributed by atoms with Crippen LogP contribution in [0.4, 0.5) is 8.78 Å². The van der Waals surface area contributed by atoms with Gasteiger partial charge in [0.05, 0.1) is 5.56 Å². The van der Waals surface area contributed by atoms with Gasteiger partial charge in [-0.2, -0.15) is 0 Å². The Morgan fingerprint density at radius 2 is 1.83 bits per heavy atom. The molecule has 0 aliphatic rings. The molecular weight excluding hydrogens is 334 g/mol. The van der Waals surface area contributed by atoms with Gasteiger partial charge in [0.15, 0.2) is 6.61 Å². The monoisotopic (exact) mass is 348 g/mol. The van der Waals surface area contributed by atoms with E-state index in [1.165, 1.54) is 6.08 Å². The number of carbonyl (C=O) groups is 2. The van der Waals surface area contributed by atoms with Gasteiger partial charge < -0.3 is 4.74 Å². The van der Waals surface area contributed by atoms with Gasteiger partial charge in [0, 0.05) is 11.0 Å². The molecule has 124 valence electrons. The SMILES string of the molecule is CSc1ccc(/C=C/C(=O)OCC(=O)c2cc(F)ccc2F)cc1. The molecule has 0 heterocycles. The van der Waals surface area contributed by atoms with Crippen LogP contribution in [-0.2, 0) is 9.53 Å². The van der Waals surface area contributed by atoms with Gasteiger partial charge in [-0.15, -0.1) is 11.8 Å². The predicted octanol–water partition coefficient (Wildman–Crippen LogP) is 4.13. The second-order valence-electron chi connectivity index (χ2n) is 4.76. The maximum atomic E-state index is 13.4. The summed E-state index contributed by atoms with van der Waals surface area (Å²) in [5, 5.41) is 0. The third kappa shape index (κ3) is 5.03. The van der Waals surface area contributed by atoms with E-state index in [0.717, 1.165) is 28.7 Å². The van der Waals surface area contributed by atoms with Crippen molar-refractivity contribution in [1.82, 2.24) is 0 Å². The molecule has 0 aliphatic carbocycles. The first kappa shape index (κ1) is 17.9. The summed E-state index contributed by atoms with van der Waals surface area (Å²) >= 11 is 1.60. The highest BCUT2D eigenvalue weighted by Gasteiger charge is 2.14. The van der Waals surface area contributed by atoms with Crippen LogP contribution in [0.2, 0.25) is 0 Å². The van der Waals surface area contributed by atoms with Crippen LogP contribution in [0, 0.1) is 11.6 Å². The zero-order valence-electron chi connectivity index (χ0n) is 12.8. The van der Waals surface area contributed by atoms with Crippen molar-refractivity contribution in [3.05, 3.63) is 71.3 Å². The number of thioether (sulfide) groups is 1. The molecule has 3 nitrogen and oxygen atoms in total. The first-order valence-corrected chi connectivity index (χ1v) is 8.19. The number of halogens is 2. The van der Waals surface area contributed by atoms with Gasteiger partial charge in [0.1, 0.15) is 11.6 Å². The van der Waals surface area contributed by atoms with Gasteiger partial charge in [0.2, 0.25) is 5.78 Å². The molecule has 0 aliphatic heterocycles. The van der Waals surface area contributed by atoms with E-state index in [0.29, 0.717) is 0 Å². The lowest BCUT2D eigenvalue weighted by Crippen LogP contribution is -2.14. The molecule has 24 heavy (non-hydrogen) atoms. The molecular formula is C18H14F2O3S. The van der Waals surface area contributed by atoms with Crippen LogP contribution in [0.5, 0.6) is 0 Å². The smallest absolute Gasteiger partial charge is 0.331 e. The van der Waals surface area contributed by atoms with Crippen molar-refractivity contribution in [2.24, 2.45) is 0 Å². The number of hydrogen-bond acceptors (Lipinski definition) is 4. The molecule has 0 amide bonds. The third-order valence-corrected chi connectivity index (χ3v) is 3.85. The van der Waals surface area contributed by atoms with E-state index in [2.05, 4.69) is 0 Å². The van der Waals surface area contributed by atoms with E-state index in [4.69, 9.17) is 4.74 Å². The van der Waals surface area contributed by atoms with Crippen LogP contribution in [0.1, 0.15) is 15.9 Å². The van der Waals surface area contributed by atoms with Crippen LogP contribution in [0.3, 0.4) is 0 Å². The normalized spacial score (nSPS) is 10.8. The fourth-order valence-corrected chi connectivity index (χ4v) is 2.26. The Morgan fingerprint density at radius 1 is 1.12 bits per heavy atom. The molecule has 2 aromatic rings. The summed E-state index contributed by atoms with van der Waals surface area (Å²) in [6.07, 6.45) is 4.67. The topological polar surface area (TPSA) is 43.4 Å². The zero-order chi connectivity index (χ0) is 17.5. The number of esters is 1. The highest BCUT2D eigenvalue weighted by Crippen LogP contribution is 2.15. The lowest BCUT2D eigenvalue weighted by molar-refractivity contribution is -0.136. The van der Waals surface area contributed by atoms with Crippen molar-refractivity contribution in [2.75, 3.05) is 12.9 Å². The van der Waals surface area contributed by atoms with Crippen LogP contribution >= 0.6 is 11.8 Å². The third-order valence-electron chi connectivity index (χ3n) is 3.10. The molecule has 2 rings (SSSR count). The van der Waals surface area contributed by atoms with E-state index in [9.17, 15) is 18.4 Å². The highest BCUT2D eigenvalue weighted by atomic mass is 32.2. The molecule has 0 aromatic heterocycles. The lowest BCUT2D eigenvalue weighted by atomic mass is 10.1. The minimum Gasteiger partial charge on any atom is -0.454 e. The summed E-state index contributed by atoms with van der Waals surface area (Å²) in [6, 6.07) is 10.0. The molecule has 0 saturated carbocycles. The van der Waals surface area contributed by atoms with E-state index in [1.807, 2.05) is 30.5 Å².